The van der Waals surface area contributed by atoms with Crippen LogP contribution in [0.1, 0.15) is 37.4 Å². The van der Waals surface area contributed by atoms with E-state index in [2.05, 4.69) is 0 Å². The minimum absolute atomic E-state index is 0.120. The first-order valence-corrected chi connectivity index (χ1v) is 5.68. The van der Waals surface area contributed by atoms with Gasteiger partial charge in [-0.15, -0.1) is 0 Å². The molecule has 84 valence electrons. The van der Waals surface area contributed by atoms with Crippen molar-refractivity contribution in [3.05, 3.63) is 64.2 Å². The zero-order valence-electron chi connectivity index (χ0n) is 9.86. The van der Waals surface area contributed by atoms with E-state index in [0.717, 1.165) is 5.56 Å². The predicted octanol–water partition coefficient (Wildman–Crippen LogP) is 1.56. The van der Waals surface area contributed by atoms with Crippen LogP contribution in [0.2, 0.25) is 0 Å². The average Bonchev–Trinajstić information content (AvgIpc) is 2.38. The second-order valence-corrected chi connectivity index (χ2v) is 4.43. The molecular weight excluding hydrogens is 223 g/mol. The number of rotatable bonds is 0. The van der Waals surface area contributed by atoms with Crippen molar-refractivity contribution in [2.24, 2.45) is 0 Å². The summed E-state index contributed by atoms with van der Waals surface area (Å²) in [6, 6.07) is 10.3. The molecule has 0 aromatic heterocycles. The van der Waals surface area contributed by atoms with Gasteiger partial charge < -0.3 is 0 Å². The van der Waals surface area contributed by atoms with Gasteiger partial charge in [-0.1, -0.05) is 41.9 Å². The molecule has 0 atom stereocenters. The topological polar surface area (TPSA) is 34.1 Å². The molecule has 1 aliphatic carbocycles. The van der Waals surface area contributed by atoms with Crippen molar-refractivity contribution in [3.8, 4) is 0 Å². The highest BCUT2D eigenvalue weighted by Crippen LogP contribution is 2.27. The van der Waals surface area contributed by atoms with E-state index >= 15 is 0 Å². The van der Waals surface area contributed by atoms with Gasteiger partial charge in [0.1, 0.15) is 7.85 Å². The SMILES string of the molecule is [B]c1ccc(C)c2c1C(=O)c1ccccc1C2=O. The van der Waals surface area contributed by atoms with Crippen LogP contribution in [0.3, 0.4) is 0 Å². The van der Waals surface area contributed by atoms with Gasteiger partial charge in [0.05, 0.1) is 0 Å². The summed E-state index contributed by atoms with van der Waals surface area (Å²) in [6.45, 7) is 1.82. The number of hydrogen-bond acceptors (Lipinski definition) is 2. The number of hydrogen-bond donors (Lipinski definition) is 0. The minimum Gasteiger partial charge on any atom is -0.289 e. The molecule has 0 fully saturated rings. The fourth-order valence-electron chi connectivity index (χ4n) is 2.41. The van der Waals surface area contributed by atoms with Crippen LogP contribution in [0.4, 0.5) is 0 Å². The van der Waals surface area contributed by atoms with Crippen molar-refractivity contribution >= 4 is 24.9 Å². The molecule has 0 aliphatic heterocycles. The zero-order valence-corrected chi connectivity index (χ0v) is 9.86. The maximum absolute atomic E-state index is 12.4. The third-order valence-corrected chi connectivity index (χ3v) is 3.32. The number of aryl methyl sites for hydroxylation is 1. The Kier molecular flexibility index (Phi) is 2.24. The predicted molar refractivity (Wildman–Crippen MR) is 69.9 cm³/mol. The second-order valence-electron chi connectivity index (χ2n) is 4.43. The lowest BCUT2D eigenvalue weighted by atomic mass is 9.75. The summed E-state index contributed by atoms with van der Waals surface area (Å²) in [5.74, 6) is -0.286. The second kappa shape index (κ2) is 3.67. The van der Waals surface area contributed by atoms with Crippen LogP contribution in [0.25, 0.3) is 0 Å². The van der Waals surface area contributed by atoms with Gasteiger partial charge in [0.25, 0.3) is 0 Å². The molecule has 1 aliphatic rings. The molecule has 3 rings (SSSR count). The summed E-state index contributed by atoms with van der Waals surface area (Å²) < 4.78 is 0. The first kappa shape index (κ1) is 11.0. The summed E-state index contributed by atoms with van der Waals surface area (Å²) in [7, 11) is 5.85. The lowest BCUT2D eigenvalue weighted by Gasteiger charge is -2.20. The van der Waals surface area contributed by atoms with Crippen LogP contribution in [0, 0.1) is 6.92 Å². The van der Waals surface area contributed by atoms with Gasteiger partial charge in [-0.2, -0.15) is 0 Å². The van der Waals surface area contributed by atoms with Crippen LogP contribution in [0.15, 0.2) is 36.4 Å². The normalized spacial score (nSPS) is 13.2. The van der Waals surface area contributed by atoms with Gasteiger partial charge in [0.2, 0.25) is 0 Å². The van der Waals surface area contributed by atoms with Crippen molar-refractivity contribution in [1.29, 1.82) is 0 Å². The molecule has 0 heterocycles. The van der Waals surface area contributed by atoms with Gasteiger partial charge in [0, 0.05) is 22.3 Å². The number of fused-ring (bicyclic) bond motifs is 2. The Morgan fingerprint density at radius 3 is 2.00 bits per heavy atom. The molecule has 0 spiro atoms. The van der Waals surface area contributed by atoms with Gasteiger partial charge in [0.15, 0.2) is 11.6 Å². The van der Waals surface area contributed by atoms with Crippen molar-refractivity contribution in [3.63, 3.8) is 0 Å². The van der Waals surface area contributed by atoms with Crippen LogP contribution in [0.5, 0.6) is 0 Å². The van der Waals surface area contributed by atoms with Crippen molar-refractivity contribution in [2.45, 2.75) is 6.92 Å². The number of carbonyl (C=O) groups excluding carboxylic acids is 2. The Morgan fingerprint density at radius 2 is 1.39 bits per heavy atom. The summed E-state index contributed by atoms with van der Waals surface area (Å²) >= 11 is 0. The highest BCUT2D eigenvalue weighted by molar-refractivity contribution is 6.42. The lowest BCUT2D eigenvalue weighted by molar-refractivity contribution is 0.0979. The van der Waals surface area contributed by atoms with E-state index in [0.29, 0.717) is 27.7 Å². The van der Waals surface area contributed by atoms with Crippen LogP contribution in [-0.4, -0.2) is 19.4 Å². The third kappa shape index (κ3) is 1.30. The number of ketones is 2. The Morgan fingerprint density at radius 1 is 0.833 bits per heavy atom. The van der Waals surface area contributed by atoms with E-state index < -0.39 is 0 Å². The van der Waals surface area contributed by atoms with Crippen molar-refractivity contribution in [1.82, 2.24) is 0 Å². The first-order valence-electron chi connectivity index (χ1n) is 5.68. The molecule has 2 nitrogen and oxygen atoms in total. The molecule has 3 heteroatoms. The molecule has 0 N–H and O–H groups in total. The summed E-state index contributed by atoms with van der Waals surface area (Å²) in [5, 5.41) is 0. The van der Waals surface area contributed by atoms with E-state index in [1.54, 1.807) is 36.4 Å². The van der Waals surface area contributed by atoms with E-state index in [4.69, 9.17) is 7.85 Å². The zero-order chi connectivity index (χ0) is 12.9. The van der Waals surface area contributed by atoms with Gasteiger partial charge in [-0.25, -0.2) is 0 Å². The number of benzene rings is 2. The molecule has 2 aromatic rings. The largest absolute Gasteiger partial charge is 0.289 e. The van der Waals surface area contributed by atoms with Crippen LogP contribution < -0.4 is 5.46 Å². The third-order valence-electron chi connectivity index (χ3n) is 3.32. The van der Waals surface area contributed by atoms with Crippen molar-refractivity contribution in [2.75, 3.05) is 0 Å². The average molecular weight is 232 g/mol. The molecular formula is C15H9BO2. The standard InChI is InChI=1S/C15H9BO2/c1-8-6-7-11(16)13-12(8)14(17)9-4-2-3-5-10(9)15(13)18/h2-7H,1H3. The fourth-order valence-corrected chi connectivity index (χ4v) is 2.41. The Balaban J connectivity index is 2.41. The molecule has 0 saturated carbocycles. The minimum atomic E-state index is -0.165. The van der Waals surface area contributed by atoms with Crippen LogP contribution in [-0.2, 0) is 0 Å². The van der Waals surface area contributed by atoms with Crippen molar-refractivity contribution < 1.29 is 9.59 Å². The van der Waals surface area contributed by atoms with Gasteiger partial charge in [-0.05, 0) is 12.5 Å². The molecule has 0 bridgehead atoms. The summed E-state index contributed by atoms with van der Waals surface area (Å²) in [4.78, 5) is 24.8. The molecule has 0 saturated heterocycles. The highest BCUT2D eigenvalue weighted by Gasteiger charge is 2.31. The smallest absolute Gasteiger partial charge is 0.194 e. The van der Waals surface area contributed by atoms with Crippen LogP contribution >= 0.6 is 0 Å². The Bertz CT molecular complexity index is 642. The lowest BCUT2D eigenvalue weighted by Crippen LogP contribution is -2.29. The van der Waals surface area contributed by atoms with E-state index in [1.165, 1.54) is 0 Å². The van der Waals surface area contributed by atoms with E-state index in [-0.39, 0.29) is 11.6 Å². The van der Waals surface area contributed by atoms with Gasteiger partial charge >= 0.3 is 0 Å². The monoisotopic (exact) mass is 232 g/mol. The molecule has 18 heavy (non-hydrogen) atoms. The molecule has 2 aromatic carbocycles. The van der Waals surface area contributed by atoms with E-state index in [1.807, 2.05) is 6.92 Å². The summed E-state index contributed by atoms with van der Waals surface area (Å²) in [6.07, 6.45) is 0. The van der Waals surface area contributed by atoms with E-state index in [9.17, 15) is 9.59 Å². The highest BCUT2D eigenvalue weighted by atomic mass is 16.1. The molecule has 0 unspecified atom stereocenters. The molecule has 2 radical (unpaired) electrons. The fraction of sp³-hybridized carbons (Fsp3) is 0.0667. The first-order chi connectivity index (χ1) is 8.61. The Labute approximate surface area is 106 Å². The number of carbonyl (C=O) groups is 2. The maximum Gasteiger partial charge on any atom is 0.194 e. The maximum atomic E-state index is 12.4. The van der Waals surface area contributed by atoms with Gasteiger partial charge in [-0.3, -0.25) is 9.59 Å². The quantitative estimate of drug-likeness (QED) is 0.551. The molecule has 0 amide bonds. The Hall–Kier alpha value is -2.16. The summed E-state index contributed by atoms with van der Waals surface area (Å²) in [5.41, 5.74) is 2.84.